The summed E-state index contributed by atoms with van der Waals surface area (Å²) in [6.07, 6.45) is -0.542. The molecule has 0 bridgehead atoms. The SMILES string of the molecule is CC(O)C(N)c1cccc(N(C)N(C)C)c1. The van der Waals surface area contributed by atoms with Gasteiger partial charge in [0.25, 0.3) is 0 Å². The minimum absolute atomic E-state index is 0.337. The first kappa shape index (κ1) is 13.0. The Hall–Kier alpha value is -1.10. The molecule has 0 spiro atoms. The molecule has 0 amide bonds. The molecule has 3 N–H and O–H groups in total. The predicted molar refractivity (Wildman–Crippen MR) is 67.1 cm³/mol. The van der Waals surface area contributed by atoms with Crippen LogP contribution in [0.15, 0.2) is 24.3 Å². The van der Waals surface area contributed by atoms with Gasteiger partial charge >= 0.3 is 0 Å². The number of nitrogens with zero attached hydrogens (tertiary/aromatic N) is 2. The third kappa shape index (κ3) is 2.95. The summed E-state index contributed by atoms with van der Waals surface area (Å²) >= 11 is 0. The molecule has 0 saturated carbocycles. The molecule has 0 radical (unpaired) electrons. The number of rotatable bonds is 4. The van der Waals surface area contributed by atoms with Crippen molar-refractivity contribution in [1.82, 2.24) is 5.01 Å². The number of benzene rings is 1. The maximum Gasteiger partial charge on any atom is 0.0704 e. The predicted octanol–water partition coefficient (Wildman–Crippen LogP) is 0.980. The van der Waals surface area contributed by atoms with E-state index in [4.69, 9.17) is 5.73 Å². The lowest BCUT2D eigenvalue weighted by Gasteiger charge is -2.27. The van der Waals surface area contributed by atoms with Crippen molar-refractivity contribution < 1.29 is 5.11 Å². The minimum atomic E-state index is -0.542. The van der Waals surface area contributed by atoms with Crippen molar-refractivity contribution >= 4 is 5.69 Å². The van der Waals surface area contributed by atoms with Crippen molar-refractivity contribution in [2.75, 3.05) is 26.2 Å². The first-order valence-corrected chi connectivity index (χ1v) is 5.38. The zero-order valence-corrected chi connectivity index (χ0v) is 10.4. The Kier molecular flexibility index (Phi) is 4.29. The van der Waals surface area contributed by atoms with E-state index >= 15 is 0 Å². The third-order valence-corrected chi connectivity index (χ3v) is 2.75. The highest BCUT2D eigenvalue weighted by atomic mass is 16.3. The summed E-state index contributed by atoms with van der Waals surface area (Å²) in [5.74, 6) is 0. The van der Waals surface area contributed by atoms with Crippen LogP contribution in [0, 0.1) is 0 Å². The molecule has 4 heteroatoms. The second-order valence-electron chi connectivity index (χ2n) is 4.23. The second-order valence-corrected chi connectivity index (χ2v) is 4.23. The van der Waals surface area contributed by atoms with Gasteiger partial charge < -0.3 is 15.8 Å². The van der Waals surface area contributed by atoms with Crippen LogP contribution in [-0.4, -0.2) is 37.4 Å². The average Bonchev–Trinajstić information content (AvgIpc) is 2.26. The fraction of sp³-hybridized carbons (Fsp3) is 0.500. The molecular weight excluding hydrogens is 202 g/mol. The lowest BCUT2D eigenvalue weighted by Crippen LogP contribution is -2.33. The Morgan fingerprint density at radius 1 is 1.25 bits per heavy atom. The molecule has 0 heterocycles. The quantitative estimate of drug-likeness (QED) is 0.747. The molecule has 2 atom stereocenters. The van der Waals surface area contributed by atoms with Gasteiger partial charge in [-0.25, -0.2) is 5.01 Å². The number of nitrogens with two attached hydrogens (primary N) is 1. The van der Waals surface area contributed by atoms with Crippen LogP contribution in [0.4, 0.5) is 5.69 Å². The van der Waals surface area contributed by atoms with Gasteiger partial charge in [0.1, 0.15) is 0 Å². The highest BCUT2D eigenvalue weighted by Gasteiger charge is 2.13. The second kappa shape index (κ2) is 5.30. The maximum absolute atomic E-state index is 9.46. The highest BCUT2D eigenvalue weighted by molar-refractivity contribution is 5.47. The monoisotopic (exact) mass is 223 g/mol. The van der Waals surface area contributed by atoms with E-state index in [9.17, 15) is 5.11 Å². The van der Waals surface area contributed by atoms with Gasteiger partial charge in [-0.2, -0.15) is 0 Å². The van der Waals surface area contributed by atoms with Crippen molar-refractivity contribution in [3.8, 4) is 0 Å². The van der Waals surface area contributed by atoms with E-state index in [0.717, 1.165) is 11.3 Å². The van der Waals surface area contributed by atoms with E-state index in [1.165, 1.54) is 0 Å². The maximum atomic E-state index is 9.46. The molecular formula is C12H21N3O. The van der Waals surface area contributed by atoms with Gasteiger partial charge in [0.15, 0.2) is 0 Å². The largest absolute Gasteiger partial charge is 0.391 e. The number of hydrogen-bond acceptors (Lipinski definition) is 4. The number of anilines is 1. The molecule has 2 unspecified atom stereocenters. The molecule has 90 valence electrons. The Bertz CT molecular complexity index is 310. The smallest absolute Gasteiger partial charge is 0.0704 e. The Labute approximate surface area is 97.2 Å². The van der Waals surface area contributed by atoms with Crippen LogP contribution in [0.25, 0.3) is 0 Å². The minimum Gasteiger partial charge on any atom is -0.391 e. The Balaban J connectivity index is 2.95. The van der Waals surface area contributed by atoms with Gasteiger partial charge in [-0.05, 0) is 24.6 Å². The normalized spacial score (nSPS) is 14.9. The highest BCUT2D eigenvalue weighted by Crippen LogP contribution is 2.20. The summed E-state index contributed by atoms with van der Waals surface area (Å²) in [4.78, 5) is 0. The van der Waals surface area contributed by atoms with Crippen LogP contribution in [0.2, 0.25) is 0 Å². The number of aliphatic hydroxyl groups is 1. The topological polar surface area (TPSA) is 52.7 Å². The molecule has 16 heavy (non-hydrogen) atoms. The molecule has 0 aromatic heterocycles. The van der Waals surface area contributed by atoms with Crippen LogP contribution in [0.1, 0.15) is 18.5 Å². The van der Waals surface area contributed by atoms with Crippen molar-refractivity contribution in [1.29, 1.82) is 0 Å². The molecule has 1 aromatic carbocycles. The van der Waals surface area contributed by atoms with Crippen LogP contribution < -0.4 is 10.7 Å². The fourth-order valence-electron chi connectivity index (χ4n) is 1.44. The van der Waals surface area contributed by atoms with Crippen molar-refractivity contribution in [3.05, 3.63) is 29.8 Å². The first-order valence-electron chi connectivity index (χ1n) is 5.38. The fourth-order valence-corrected chi connectivity index (χ4v) is 1.44. The molecule has 0 aliphatic heterocycles. The van der Waals surface area contributed by atoms with E-state index < -0.39 is 6.10 Å². The molecule has 0 aliphatic rings. The van der Waals surface area contributed by atoms with Gasteiger partial charge in [-0.15, -0.1) is 0 Å². The summed E-state index contributed by atoms with van der Waals surface area (Å²) in [6.45, 7) is 1.70. The van der Waals surface area contributed by atoms with Gasteiger partial charge in [-0.3, -0.25) is 0 Å². The zero-order chi connectivity index (χ0) is 12.3. The molecule has 0 fully saturated rings. The zero-order valence-electron chi connectivity index (χ0n) is 10.4. The van der Waals surface area contributed by atoms with Crippen molar-refractivity contribution in [2.45, 2.75) is 19.1 Å². The standard InChI is InChI=1S/C12H21N3O/c1-9(16)12(13)10-6-5-7-11(8-10)15(4)14(2)3/h5-9,12,16H,13H2,1-4H3. The first-order chi connectivity index (χ1) is 7.43. The molecule has 0 aliphatic carbocycles. The van der Waals surface area contributed by atoms with E-state index in [-0.39, 0.29) is 6.04 Å². The average molecular weight is 223 g/mol. The number of hydrogen-bond donors (Lipinski definition) is 2. The van der Waals surface area contributed by atoms with Crippen LogP contribution >= 0.6 is 0 Å². The molecule has 4 nitrogen and oxygen atoms in total. The number of hydrazine groups is 1. The van der Waals surface area contributed by atoms with E-state index in [1.807, 2.05) is 55.4 Å². The summed E-state index contributed by atoms with van der Waals surface area (Å²) in [5, 5.41) is 13.5. The Morgan fingerprint density at radius 2 is 1.88 bits per heavy atom. The molecule has 1 rings (SSSR count). The van der Waals surface area contributed by atoms with Gasteiger partial charge in [0.05, 0.1) is 17.8 Å². The van der Waals surface area contributed by atoms with Gasteiger partial charge in [0.2, 0.25) is 0 Å². The molecule has 1 aromatic rings. The van der Waals surface area contributed by atoms with Crippen LogP contribution in [-0.2, 0) is 0 Å². The van der Waals surface area contributed by atoms with Crippen LogP contribution in [0.5, 0.6) is 0 Å². The summed E-state index contributed by atoms with van der Waals surface area (Å²) in [6, 6.07) is 7.56. The van der Waals surface area contributed by atoms with E-state index in [0.29, 0.717) is 0 Å². The van der Waals surface area contributed by atoms with Crippen molar-refractivity contribution in [2.24, 2.45) is 5.73 Å². The van der Waals surface area contributed by atoms with Gasteiger partial charge in [0, 0.05) is 21.1 Å². The lowest BCUT2D eigenvalue weighted by molar-refractivity contribution is 0.164. The lowest BCUT2D eigenvalue weighted by atomic mass is 10.0. The van der Waals surface area contributed by atoms with Crippen molar-refractivity contribution in [3.63, 3.8) is 0 Å². The summed E-state index contributed by atoms with van der Waals surface area (Å²) < 4.78 is 0. The number of aliphatic hydroxyl groups excluding tert-OH is 1. The molecule has 0 saturated heterocycles. The van der Waals surface area contributed by atoms with Gasteiger partial charge in [-0.1, -0.05) is 12.1 Å². The van der Waals surface area contributed by atoms with E-state index in [2.05, 4.69) is 0 Å². The third-order valence-electron chi connectivity index (χ3n) is 2.75. The van der Waals surface area contributed by atoms with E-state index in [1.54, 1.807) is 6.92 Å². The summed E-state index contributed by atoms with van der Waals surface area (Å²) in [7, 11) is 5.93. The Morgan fingerprint density at radius 3 is 2.38 bits per heavy atom. The van der Waals surface area contributed by atoms with Crippen LogP contribution in [0.3, 0.4) is 0 Å². The summed E-state index contributed by atoms with van der Waals surface area (Å²) in [5.41, 5.74) is 7.90.